The van der Waals surface area contributed by atoms with Gasteiger partial charge in [-0.2, -0.15) is 0 Å². The quantitative estimate of drug-likeness (QED) is 0.208. The summed E-state index contributed by atoms with van der Waals surface area (Å²) >= 11 is 0. The molecule has 1 heterocycles. The molecule has 0 unspecified atom stereocenters. The molecule has 0 saturated carbocycles. The number of carbonyl (C=O) groups excluding carboxylic acids is 2. The molecule has 0 atom stereocenters. The summed E-state index contributed by atoms with van der Waals surface area (Å²) in [5.74, 6) is 1.95. The Hall–Kier alpha value is -4.04. The molecule has 3 amide bonds. The average molecular weight is 573 g/mol. The zero-order valence-corrected chi connectivity index (χ0v) is 25.2. The van der Waals surface area contributed by atoms with Crippen LogP contribution in [0.2, 0.25) is 0 Å². The summed E-state index contributed by atoms with van der Waals surface area (Å²) in [4.78, 5) is 27.6. The number of anilines is 2. The van der Waals surface area contributed by atoms with Gasteiger partial charge >= 0.3 is 6.03 Å². The zero-order chi connectivity index (χ0) is 29.9. The molecule has 1 fully saturated rings. The highest BCUT2D eigenvalue weighted by molar-refractivity contribution is 6.04. The van der Waals surface area contributed by atoms with Crippen molar-refractivity contribution in [2.24, 2.45) is 0 Å². The molecule has 42 heavy (non-hydrogen) atoms. The molecular formula is C34H44N4O4. The molecule has 1 aliphatic rings. The highest BCUT2D eigenvalue weighted by Crippen LogP contribution is 2.29. The number of ether oxygens (including phenoxy) is 2. The predicted molar refractivity (Wildman–Crippen MR) is 169 cm³/mol. The average Bonchev–Trinajstić information content (AvgIpc) is 2.99. The maximum Gasteiger partial charge on any atom is 0.319 e. The van der Waals surface area contributed by atoms with E-state index in [1.165, 1.54) is 6.42 Å². The summed E-state index contributed by atoms with van der Waals surface area (Å²) in [5.41, 5.74) is 2.83. The Labute approximate surface area is 249 Å². The number of likely N-dealkylation sites (tertiary alicyclic amines) is 1. The second-order valence-corrected chi connectivity index (χ2v) is 10.9. The van der Waals surface area contributed by atoms with Crippen LogP contribution >= 0.6 is 0 Å². The maximum atomic E-state index is 12.9. The van der Waals surface area contributed by atoms with Crippen molar-refractivity contribution in [3.8, 4) is 17.2 Å². The van der Waals surface area contributed by atoms with Crippen LogP contribution < -0.4 is 25.4 Å². The number of urea groups is 1. The normalized spacial score (nSPS) is 13.9. The summed E-state index contributed by atoms with van der Waals surface area (Å²) in [6.45, 7) is 11.5. The van der Waals surface area contributed by atoms with Crippen LogP contribution in [0.4, 0.5) is 16.2 Å². The minimum atomic E-state index is -0.214. The fourth-order valence-electron chi connectivity index (χ4n) is 5.07. The second kappa shape index (κ2) is 15.3. The summed E-state index contributed by atoms with van der Waals surface area (Å²) < 4.78 is 12.2. The first-order valence-corrected chi connectivity index (χ1v) is 15.1. The third-order valence-corrected chi connectivity index (χ3v) is 7.59. The lowest BCUT2D eigenvalue weighted by Gasteiger charge is -2.31. The molecule has 224 valence electrons. The zero-order valence-electron chi connectivity index (χ0n) is 25.2. The van der Waals surface area contributed by atoms with Gasteiger partial charge in [0.15, 0.2) is 0 Å². The van der Waals surface area contributed by atoms with Gasteiger partial charge in [-0.25, -0.2) is 4.79 Å². The SMILES string of the molecule is CCCN1CCC(Oc2ccc(C(=O)Nc3ccc(Oc4ccc(NC(=O)NC(CC)CC)cc4)c(C)c3)cc2)CC1. The number of amides is 3. The number of nitrogens with zero attached hydrogens (tertiary/aromatic N) is 1. The van der Waals surface area contributed by atoms with Crippen molar-refractivity contribution >= 4 is 23.3 Å². The molecule has 3 aromatic rings. The van der Waals surface area contributed by atoms with Gasteiger partial charge in [0.1, 0.15) is 23.4 Å². The number of hydrogen-bond donors (Lipinski definition) is 3. The minimum absolute atomic E-state index is 0.159. The van der Waals surface area contributed by atoms with E-state index >= 15 is 0 Å². The topological polar surface area (TPSA) is 91.9 Å². The number of aryl methyl sites for hydroxylation is 1. The van der Waals surface area contributed by atoms with Gasteiger partial charge in [-0.15, -0.1) is 0 Å². The van der Waals surface area contributed by atoms with E-state index in [2.05, 4.69) is 41.6 Å². The number of benzene rings is 3. The molecule has 3 aromatic carbocycles. The maximum absolute atomic E-state index is 12.9. The summed E-state index contributed by atoms with van der Waals surface area (Å²) in [6.07, 6.45) is 5.24. The van der Waals surface area contributed by atoms with Gasteiger partial charge in [-0.3, -0.25) is 4.79 Å². The van der Waals surface area contributed by atoms with E-state index in [4.69, 9.17) is 9.47 Å². The Morgan fingerprint density at radius 1 is 0.857 bits per heavy atom. The lowest BCUT2D eigenvalue weighted by Crippen LogP contribution is -2.38. The van der Waals surface area contributed by atoms with E-state index in [1.54, 1.807) is 24.3 Å². The van der Waals surface area contributed by atoms with Gasteiger partial charge < -0.3 is 30.3 Å². The fourth-order valence-corrected chi connectivity index (χ4v) is 5.07. The Balaban J connectivity index is 1.26. The van der Waals surface area contributed by atoms with Gasteiger partial charge in [0.05, 0.1) is 0 Å². The molecule has 8 nitrogen and oxygen atoms in total. The van der Waals surface area contributed by atoms with Crippen LogP contribution in [0.25, 0.3) is 0 Å². The molecular weight excluding hydrogens is 528 g/mol. The second-order valence-electron chi connectivity index (χ2n) is 10.9. The molecule has 0 aromatic heterocycles. The summed E-state index contributed by atoms with van der Waals surface area (Å²) in [6, 6.07) is 20.1. The van der Waals surface area contributed by atoms with Crippen molar-refractivity contribution in [2.45, 2.75) is 71.9 Å². The molecule has 0 aliphatic carbocycles. The van der Waals surface area contributed by atoms with Crippen molar-refractivity contribution in [1.29, 1.82) is 0 Å². The summed E-state index contributed by atoms with van der Waals surface area (Å²) in [7, 11) is 0. The Bertz CT molecular complexity index is 1300. The summed E-state index contributed by atoms with van der Waals surface area (Å²) in [5, 5.41) is 8.78. The molecule has 1 aliphatic heterocycles. The molecule has 4 rings (SSSR count). The van der Waals surface area contributed by atoms with Gasteiger partial charge in [0.25, 0.3) is 5.91 Å². The first-order chi connectivity index (χ1) is 20.4. The number of nitrogens with one attached hydrogen (secondary N) is 3. The van der Waals surface area contributed by atoms with E-state index in [9.17, 15) is 9.59 Å². The van der Waals surface area contributed by atoms with Crippen LogP contribution in [0.1, 0.15) is 68.8 Å². The first kappa shape index (κ1) is 30.9. The van der Waals surface area contributed by atoms with Gasteiger partial charge in [0.2, 0.25) is 0 Å². The van der Waals surface area contributed by atoms with Gasteiger partial charge in [-0.1, -0.05) is 20.8 Å². The molecule has 1 saturated heterocycles. The smallest absolute Gasteiger partial charge is 0.319 e. The van der Waals surface area contributed by atoms with Crippen LogP contribution in [0.15, 0.2) is 66.7 Å². The van der Waals surface area contributed by atoms with E-state index < -0.39 is 0 Å². The van der Waals surface area contributed by atoms with Crippen LogP contribution in [0.5, 0.6) is 17.2 Å². The van der Waals surface area contributed by atoms with Gasteiger partial charge in [0, 0.05) is 36.1 Å². The molecule has 8 heteroatoms. The minimum Gasteiger partial charge on any atom is -0.490 e. The van der Waals surface area contributed by atoms with E-state index in [0.29, 0.717) is 28.4 Å². The first-order valence-electron chi connectivity index (χ1n) is 15.1. The third-order valence-electron chi connectivity index (χ3n) is 7.59. The van der Waals surface area contributed by atoms with Crippen LogP contribution in [0.3, 0.4) is 0 Å². The van der Waals surface area contributed by atoms with Crippen molar-refractivity contribution in [3.63, 3.8) is 0 Å². The van der Waals surface area contributed by atoms with Crippen molar-refractivity contribution < 1.29 is 19.1 Å². The highest BCUT2D eigenvalue weighted by Gasteiger charge is 2.20. The number of hydrogen-bond acceptors (Lipinski definition) is 5. The van der Waals surface area contributed by atoms with Crippen molar-refractivity contribution in [2.75, 3.05) is 30.3 Å². The lowest BCUT2D eigenvalue weighted by molar-refractivity contribution is 0.100. The number of carbonyl (C=O) groups is 2. The Morgan fingerprint density at radius 3 is 2.12 bits per heavy atom. The van der Waals surface area contributed by atoms with Gasteiger partial charge in [-0.05, 0) is 118 Å². The van der Waals surface area contributed by atoms with Crippen LogP contribution in [-0.4, -0.2) is 48.6 Å². The third kappa shape index (κ3) is 8.98. The molecule has 0 spiro atoms. The largest absolute Gasteiger partial charge is 0.490 e. The van der Waals surface area contributed by atoms with Crippen molar-refractivity contribution in [3.05, 3.63) is 77.9 Å². The van der Waals surface area contributed by atoms with E-state index in [0.717, 1.165) is 56.6 Å². The number of piperidine rings is 1. The fraction of sp³-hybridized carbons (Fsp3) is 0.412. The molecule has 0 radical (unpaired) electrons. The van der Waals surface area contributed by atoms with Crippen molar-refractivity contribution in [1.82, 2.24) is 10.2 Å². The molecule has 3 N–H and O–H groups in total. The van der Waals surface area contributed by atoms with E-state index in [-0.39, 0.29) is 24.1 Å². The molecule has 0 bridgehead atoms. The lowest BCUT2D eigenvalue weighted by atomic mass is 10.1. The van der Waals surface area contributed by atoms with Crippen LogP contribution in [0, 0.1) is 6.92 Å². The Kier molecular flexibility index (Phi) is 11.2. The highest BCUT2D eigenvalue weighted by atomic mass is 16.5. The monoisotopic (exact) mass is 572 g/mol. The predicted octanol–water partition coefficient (Wildman–Crippen LogP) is 7.60. The van der Waals surface area contributed by atoms with Crippen LogP contribution in [-0.2, 0) is 0 Å². The number of rotatable bonds is 12. The van der Waals surface area contributed by atoms with E-state index in [1.807, 2.05) is 49.4 Å². The standard InChI is InChI=1S/C34H44N4O4/c1-5-20-38-21-18-31(19-22-38)41-29-13-8-25(9-14-29)33(39)35-28-12-17-32(24(4)23-28)42-30-15-10-27(11-16-30)37-34(40)36-26(6-2)7-3/h8-17,23,26,31H,5-7,18-22H2,1-4H3,(H,35,39)(H2,36,37,40). The Morgan fingerprint density at radius 2 is 1.50 bits per heavy atom.